The highest BCUT2D eigenvalue weighted by molar-refractivity contribution is 7.98. The van der Waals surface area contributed by atoms with E-state index in [9.17, 15) is 17.2 Å². The molecule has 0 spiro atoms. The van der Waals surface area contributed by atoms with Crippen LogP contribution in [0.15, 0.2) is 69.3 Å². The number of halogens is 2. The van der Waals surface area contributed by atoms with Crippen LogP contribution in [-0.4, -0.2) is 35.4 Å². The van der Waals surface area contributed by atoms with Crippen molar-refractivity contribution in [1.82, 2.24) is 13.9 Å². The molecule has 2 aromatic carbocycles. The second-order valence-corrected chi connectivity index (χ2v) is 10.2. The number of imidazole rings is 1. The molecule has 0 saturated heterocycles. The lowest BCUT2D eigenvalue weighted by Crippen LogP contribution is -2.30. The minimum atomic E-state index is -3.64. The zero-order valence-corrected chi connectivity index (χ0v) is 19.8. The number of rotatable bonds is 9. The van der Waals surface area contributed by atoms with Gasteiger partial charge in [0.2, 0.25) is 10.0 Å². The van der Waals surface area contributed by atoms with E-state index in [1.165, 1.54) is 28.2 Å². The molecule has 0 bridgehead atoms. The third-order valence-electron chi connectivity index (χ3n) is 5.31. The van der Waals surface area contributed by atoms with Gasteiger partial charge in [0, 0.05) is 24.4 Å². The predicted octanol–water partition coefficient (Wildman–Crippen LogP) is 5.28. The second-order valence-electron chi connectivity index (χ2n) is 7.30. The van der Waals surface area contributed by atoms with Gasteiger partial charge in [-0.25, -0.2) is 22.2 Å². The average Bonchev–Trinajstić information content (AvgIpc) is 3.43. The second kappa shape index (κ2) is 9.66. The normalized spacial score (nSPS) is 12.2. The third kappa shape index (κ3) is 4.68. The summed E-state index contributed by atoms with van der Waals surface area (Å²) in [5, 5.41) is 0.544. The van der Waals surface area contributed by atoms with Gasteiger partial charge >= 0.3 is 0 Å². The zero-order valence-electron chi connectivity index (χ0n) is 18.2. The van der Waals surface area contributed by atoms with Crippen molar-refractivity contribution < 1.29 is 21.6 Å². The summed E-state index contributed by atoms with van der Waals surface area (Å²) in [7, 11) is -3.64. The molecule has 4 aromatic rings. The van der Waals surface area contributed by atoms with Crippen molar-refractivity contribution >= 4 is 32.8 Å². The summed E-state index contributed by atoms with van der Waals surface area (Å²) in [6.45, 7) is 4.67. The molecular formula is C23H23F2N3O3S2. The Hall–Kier alpha value is -2.69. The molecule has 0 fully saturated rings. The zero-order chi connectivity index (χ0) is 23.6. The summed E-state index contributed by atoms with van der Waals surface area (Å²) in [6, 6.07) is 12.5. The number of aromatic nitrogens is 2. The number of benzene rings is 2. The number of hydrogen-bond donors (Lipinski definition) is 0. The Balaban J connectivity index is 1.74. The van der Waals surface area contributed by atoms with Crippen LogP contribution in [0.1, 0.15) is 25.2 Å². The predicted molar refractivity (Wildman–Crippen MR) is 124 cm³/mol. The molecular weight excluding hydrogens is 468 g/mol. The van der Waals surface area contributed by atoms with Crippen LogP contribution in [0.4, 0.5) is 8.78 Å². The number of furan rings is 1. The lowest BCUT2D eigenvalue weighted by atomic mass is 10.2. The Kier molecular flexibility index (Phi) is 6.87. The standard InChI is InChI=1S/C23H23F2N3O3S2/c1-3-27(4-2)33(29,30)18-10-11-21-20(13-18)26-23(28(21)14-17-8-6-12-31-17)32-15-16-7-5-9-19(24)22(16)25/h5-13H,3-4,14-15H2,1-2H3. The Bertz CT molecular complexity index is 1370. The molecule has 33 heavy (non-hydrogen) atoms. The van der Waals surface area contributed by atoms with Crippen LogP contribution in [0.25, 0.3) is 11.0 Å². The molecule has 0 saturated carbocycles. The summed E-state index contributed by atoms with van der Waals surface area (Å²) in [6.07, 6.45) is 1.57. The van der Waals surface area contributed by atoms with Crippen LogP contribution < -0.4 is 0 Å². The molecule has 2 aromatic heterocycles. The van der Waals surface area contributed by atoms with Gasteiger partial charge in [-0.2, -0.15) is 4.31 Å². The molecule has 0 N–H and O–H groups in total. The lowest BCUT2D eigenvalue weighted by Gasteiger charge is -2.18. The minimum absolute atomic E-state index is 0.161. The molecule has 0 radical (unpaired) electrons. The first-order chi connectivity index (χ1) is 15.8. The fourth-order valence-corrected chi connectivity index (χ4v) is 6.05. The summed E-state index contributed by atoms with van der Waals surface area (Å²) >= 11 is 1.24. The topological polar surface area (TPSA) is 68.3 Å². The molecule has 0 aliphatic rings. The highest BCUT2D eigenvalue weighted by Gasteiger charge is 2.23. The van der Waals surface area contributed by atoms with E-state index < -0.39 is 21.7 Å². The number of thioether (sulfide) groups is 1. The smallest absolute Gasteiger partial charge is 0.243 e. The van der Waals surface area contributed by atoms with Crippen molar-refractivity contribution in [3.05, 3.63) is 77.8 Å². The van der Waals surface area contributed by atoms with Crippen molar-refractivity contribution in [1.29, 1.82) is 0 Å². The first-order valence-electron chi connectivity index (χ1n) is 10.4. The van der Waals surface area contributed by atoms with Crippen molar-refractivity contribution in [3.8, 4) is 0 Å². The molecule has 2 heterocycles. The fourth-order valence-electron chi connectivity index (χ4n) is 3.58. The van der Waals surface area contributed by atoms with Gasteiger partial charge in [0.05, 0.1) is 28.7 Å². The molecule has 0 aliphatic carbocycles. The molecule has 0 aliphatic heterocycles. The van der Waals surface area contributed by atoms with Crippen molar-refractivity contribution in [2.75, 3.05) is 13.1 Å². The first kappa shape index (κ1) is 23.5. The van der Waals surface area contributed by atoms with Gasteiger partial charge in [-0.1, -0.05) is 37.7 Å². The molecule has 0 atom stereocenters. The Labute approximate surface area is 195 Å². The summed E-state index contributed by atoms with van der Waals surface area (Å²) < 4.78 is 62.4. The van der Waals surface area contributed by atoms with Gasteiger partial charge in [-0.15, -0.1) is 0 Å². The fraction of sp³-hybridized carbons (Fsp3) is 0.261. The van der Waals surface area contributed by atoms with Crippen LogP contribution in [0, 0.1) is 11.6 Å². The van der Waals surface area contributed by atoms with E-state index in [-0.39, 0.29) is 16.2 Å². The van der Waals surface area contributed by atoms with E-state index in [4.69, 9.17) is 4.42 Å². The third-order valence-corrected chi connectivity index (χ3v) is 8.38. The Morgan fingerprint density at radius 2 is 1.88 bits per heavy atom. The molecule has 174 valence electrons. The average molecular weight is 492 g/mol. The van der Waals surface area contributed by atoms with Crippen LogP contribution in [0.5, 0.6) is 0 Å². The van der Waals surface area contributed by atoms with Gasteiger partial charge in [-0.3, -0.25) is 0 Å². The van der Waals surface area contributed by atoms with E-state index >= 15 is 0 Å². The van der Waals surface area contributed by atoms with Crippen LogP contribution in [0.3, 0.4) is 0 Å². The molecule has 4 rings (SSSR count). The number of fused-ring (bicyclic) bond motifs is 1. The van der Waals surface area contributed by atoms with Crippen molar-refractivity contribution in [2.45, 2.75) is 36.2 Å². The highest BCUT2D eigenvalue weighted by atomic mass is 32.2. The molecule has 0 unspecified atom stereocenters. The molecule has 6 nitrogen and oxygen atoms in total. The Morgan fingerprint density at radius 1 is 1.09 bits per heavy atom. The van der Waals surface area contributed by atoms with Crippen molar-refractivity contribution in [3.63, 3.8) is 0 Å². The quantitative estimate of drug-likeness (QED) is 0.298. The first-order valence-corrected chi connectivity index (χ1v) is 12.9. The van der Waals surface area contributed by atoms with E-state index in [1.807, 2.05) is 10.6 Å². The summed E-state index contributed by atoms with van der Waals surface area (Å²) in [4.78, 5) is 4.79. The van der Waals surface area contributed by atoms with Crippen LogP contribution in [-0.2, 0) is 22.3 Å². The largest absolute Gasteiger partial charge is 0.467 e. The van der Waals surface area contributed by atoms with Gasteiger partial charge < -0.3 is 8.98 Å². The maximum atomic E-state index is 14.1. The highest BCUT2D eigenvalue weighted by Crippen LogP contribution is 2.30. The number of hydrogen-bond acceptors (Lipinski definition) is 5. The summed E-state index contributed by atoms with van der Waals surface area (Å²) in [5.74, 6) is -0.932. The van der Waals surface area contributed by atoms with Gasteiger partial charge in [-0.05, 0) is 36.4 Å². The lowest BCUT2D eigenvalue weighted by molar-refractivity contribution is 0.445. The van der Waals surface area contributed by atoms with Gasteiger partial charge in [0.15, 0.2) is 16.8 Å². The monoisotopic (exact) mass is 491 g/mol. The van der Waals surface area contributed by atoms with Crippen LogP contribution in [0.2, 0.25) is 0 Å². The molecule has 0 amide bonds. The van der Waals surface area contributed by atoms with E-state index in [1.54, 1.807) is 44.4 Å². The number of sulfonamides is 1. The maximum absolute atomic E-state index is 14.1. The van der Waals surface area contributed by atoms with Gasteiger partial charge in [0.25, 0.3) is 0 Å². The van der Waals surface area contributed by atoms with Gasteiger partial charge in [0.1, 0.15) is 5.76 Å². The van der Waals surface area contributed by atoms with Crippen molar-refractivity contribution in [2.24, 2.45) is 0 Å². The number of nitrogens with zero attached hydrogens (tertiary/aromatic N) is 3. The molecule has 10 heteroatoms. The SMILES string of the molecule is CCN(CC)S(=O)(=O)c1ccc2c(c1)nc(SCc1cccc(F)c1F)n2Cc1ccco1. The van der Waals surface area contributed by atoms with Crippen LogP contribution >= 0.6 is 11.8 Å². The maximum Gasteiger partial charge on any atom is 0.243 e. The Morgan fingerprint density at radius 3 is 2.58 bits per heavy atom. The summed E-state index contributed by atoms with van der Waals surface area (Å²) in [5.41, 5.74) is 1.44. The van der Waals surface area contributed by atoms with E-state index in [0.29, 0.717) is 41.6 Å². The van der Waals surface area contributed by atoms with E-state index in [2.05, 4.69) is 4.98 Å². The van der Waals surface area contributed by atoms with E-state index in [0.717, 1.165) is 6.07 Å². The minimum Gasteiger partial charge on any atom is -0.467 e.